The summed E-state index contributed by atoms with van der Waals surface area (Å²) in [4.78, 5) is 29.2. The third-order valence-electron chi connectivity index (χ3n) is 5.14. The van der Waals surface area contributed by atoms with Gasteiger partial charge in [-0.3, -0.25) is 4.79 Å². The molecule has 1 aliphatic heterocycles. The Hall–Kier alpha value is -2.62. The molecule has 0 saturated carbocycles. The Balaban J connectivity index is 1.38. The van der Waals surface area contributed by atoms with E-state index in [1.54, 1.807) is 43.5 Å². The lowest BCUT2D eigenvalue weighted by molar-refractivity contribution is 0.0732. The molecule has 0 unspecified atom stereocenters. The molecule has 1 amide bonds. The van der Waals surface area contributed by atoms with Gasteiger partial charge in [-0.1, -0.05) is 11.6 Å². The van der Waals surface area contributed by atoms with E-state index in [0.29, 0.717) is 30.9 Å². The van der Waals surface area contributed by atoms with E-state index in [9.17, 15) is 9.90 Å². The van der Waals surface area contributed by atoms with Crippen LogP contribution in [0.25, 0.3) is 10.6 Å². The van der Waals surface area contributed by atoms with E-state index in [-0.39, 0.29) is 5.91 Å². The van der Waals surface area contributed by atoms with Crippen LogP contribution in [0.3, 0.4) is 0 Å². The highest BCUT2D eigenvalue weighted by molar-refractivity contribution is 7.16. The van der Waals surface area contributed by atoms with Crippen molar-refractivity contribution in [3.63, 3.8) is 0 Å². The zero-order chi connectivity index (χ0) is 22.9. The first-order valence-corrected chi connectivity index (χ1v) is 12.2. The topological polar surface area (TPSA) is 91.2 Å². The Morgan fingerprint density at radius 3 is 2.69 bits per heavy atom. The Bertz CT molecular complexity index is 1140. The van der Waals surface area contributed by atoms with Crippen molar-refractivity contribution in [1.29, 1.82) is 0 Å². The second-order valence-corrected chi connectivity index (χ2v) is 10.7. The van der Waals surface area contributed by atoms with E-state index in [1.807, 2.05) is 24.1 Å². The molecule has 32 heavy (non-hydrogen) atoms. The van der Waals surface area contributed by atoms with Crippen molar-refractivity contribution in [2.24, 2.45) is 0 Å². The Morgan fingerprint density at radius 1 is 1.28 bits per heavy atom. The molecule has 1 aliphatic rings. The minimum atomic E-state index is -0.721. The van der Waals surface area contributed by atoms with Gasteiger partial charge in [0.25, 0.3) is 5.91 Å². The lowest BCUT2D eigenvalue weighted by Gasteiger charge is -2.29. The lowest BCUT2D eigenvalue weighted by atomic mass is 9.94. The number of rotatable bonds is 6. The summed E-state index contributed by atoms with van der Waals surface area (Å²) >= 11 is 3.15. The van der Waals surface area contributed by atoms with Crippen LogP contribution in [-0.4, -0.2) is 49.6 Å². The number of hydrogen-bond donors (Lipinski definition) is 2. The Kier molecular flexibility index (Phi) is 6.41. The van der Waals surface area contributed by atoms with Crippen molar-refractivity contribution in [3.8, 4) is 10.6 Å². The fourth-order valence-corrected chi connectivity index (χ4v) is 5.37. The highest BCUT2D eigenvalue weighted by Crippen LogP contribution is 2.32. The average Bonchev–Trinajstić information content (AvgIpc) is 3.33. The third kappa shape index (κ3) is 5.40. The van der Waals surface area contributed by atoms with Crippen molar-refractivity contribution in [2.75, 3.05) is 18.4 Å². The molecule has 0 fully saturated rings. The van der Waals surface area contributed by atoms with Gasteiger partial charge in [-0.2, -0.15) is 0 Å². The van der Waals surface area contributed by atoms with Gasteiger partial charge in [0.2, 0.25) is 0 Å². The monoisotopic (exact) mass is 469 g/mol. The molecule has 3 aromatic heterocycles. The number of hydrogen-bond acceptors (Lipinski definition) is 8. The van der Waals surface area contributed by atoms with Crippen LogP contribution < -0.4 is 5.32 Å². The maximum absolute atomic E-state index is 12.8. The number of carbonyl (C=O) groups excluding carboxylic acids is 1. The number of pyridine rings is 1. The third-order valence-corrected chi connectivity index (χ3v) is 6.99. The van der Waals surface area contributed by atoms with E-state index >= 15 is 0 Å². The predicted molar refractivity (Wildman–Crippen MR) is 130 cm³/mol. The minimum absolute atomic E-state index is 0.0322. The molecular formula is C23H27N5O2S2. The standard InChI is InChI=1S/C23H27N5O2S2/c1-14-20(32-15(2)25-14)18-13-31-22(26-18)27-19-6-5-17(12-24-19)21(29)28-9-7-16(8-10-28)11-23(3,4)30/h5-7,12-13,30H,8-11H2,1-4H3,(H,24,26,27). The summed E-state index contributed by atoms with van der Waals surface area (Å²) in [5, 5.41) is 17.0. The summed E-state index contributed by atoms with van der Waals surface area (Å²) < 4.78 is 0. The Labute approximate surface area is 195 Å². The van der Waals surface area contributed by atoms with Gasteiger partial charge in [0.1, 0.15) is 5.82 Å². The van der Waals surface area contributed by atoms with E-state index in [4.69, 9.17) is 0 Å². The highest BCUT2D eigenvalue weighted by Gasteiger charge is 2.22. The van der Waals surface area contributed by atoms with Crippen LogP contribution in [0.4, 0.5) is 10.9 Å². The average molecular weight is 470 g/mol. The highest BCUT2D eigenvalue weighted by atomic mass is 32.1. The number of nitrogens with one attached hydrogen (secondary N) is 1. The van der Waals surface area contributed by atoms with Gasteiger partial charge in [-0.15, -0.1) is 22.7 Å². The van der Waals surface area contributed by atoms with Gasteiger partial charge in [-0.25, -0.2) is 15.0 Å². The summed E-state index contributed by atoms with van der Waals surface area (Å²) in [7, 11) is 0. The van der Waals surface area contributed by atoms with Crippen molar-refractivity contribution in [2.45, 2.75) is 46.1 Å². The zero-order valence-corrected chi connectivity index (χ0v) is 20.3. The molecule has 2 N–H and O–H groups in total. The van der Waals surface area contributed by atoms with Gasteiger partial charge in [0.15, 0.2) is 5.13 Å². The van der Waals surface area contributed by atoms with Crippen molar-refractivity contribution in [1.82, 2.24) is 19.9 Å². The van der Waals surface area contributed by atoms with Crippen LogP contribution >= 0.6 is 22.7 Å². The van der Waals surface area contributed by atoms with Crippen LogP contribution in [0.1, 0.15) is 47.7 Å². The van der Waals surface area contributed by atoms with Gasteiger partial charge < -0.3 is 15.3 Å². The van der Waals surface area contributed by atoms with E-state index in [0.717, 1.165) is 32.8 Å². The molecule has 9 heteroatoms. The number of anilines is 2. The van der Waals surface area contributed by atoms with Crippen molar-refractivity contribution >= 4 is 39.5 Å². The predicted octanol–water partition coefficient (Wildman–Crippen LogP) is 4.96. The fraction of sp³-hybridized carbons (Fsp3) is 0.391. The Morgan fingerprint density at radius 2 is 2.09 bits per heavy atom. The SMILES string of the molecule is Cc1nc(C)c(-c2csc(Nc3ccc(C(=O)N4CC=C(CC(C)(C)O)CC4)cn3)n2)s1. The normalized spacial score (nSPS) is 14.4. The zero-order valence-electron chi connectivity index (χ0n) is 18.7. The van der Waals surface area contributed by atoms with Crippen LogP contribution in [0.5, 0.6) is 0 Å². The summed E-state index contributed by atoms with van der Waals surface area (Å²) in [6.45, 7) is 8.81. The maximum Gasteiger partial charge on any atom is 0.255 e. The number of aryl methyl sites for hydroxylation is 2. The molecule has 7 nitrogen and oxygen atoms in total. The quantitative estimate of drug-likeness (QED) is 0.496. The summed E-state index contributed by atoms with van der Waals surface area (Å²) in [6, 6.07) is 3.59. The van der Waals surface area contributed by atoms with Crippen LogP contribution in [0, 0.1) is 13.8 Å². The first-order valence-electron chi connectivity index (χ1n) is 10.5. The van der Waals surface area contributed by atoms with Gasteiger partial charge >= 0.3 is 0 Å². The molecular weight excluding hydrogens is 442 g/mol. The number of aliphatic hydroxyl groups is 1. The van der Waals surface area contributed by atoms with Crippen LogP contribution in [-0.2, 0) is 0 Å². The number of amides is 1. The molecule has 0 aromatic carbocycles. The van der Waals surface area contributed by atoms with Gasteiger partial charge in [0, 0.05) is 24.7 Å². The van der Waals surface area contributed by atoms with Crippen LogP contribution in [0.2, 0.25) is 0 Å². The van der Waals surface area contributed by atoms with E-state index in [2.05, 4.69) is 26.3 Å². The molecule has 0 bridgehead atoms. The largest absolute Gasteiger partial charge is 0.390 e. The molecule has 0 radical (unpaired) electrons. The lowest BCUT2D eigenvalue weighted by Crippen LogP contribution is -2.35. The summed E-state index contributed by atoms with van der Waals surface area (Å²) in [6.07, 6.45) is 5.08. The fourth-order valence-electron chi connectivity index (χ4n) is 3.70. The number of aromatic nitrogens is 3. The summed E-state index contributed by atoms with van der Waals surface area (Å²) in [5.41, 5.74) is 2.94. The van der Waals surface area contributed by atoms with E-state index in [1.165, 1.54) is 16.9 Å². The van der Waals surface area contributed by atoms with Gasteiger partial charge in [-0.05, 0) is 52.7 Å². The molecule has 0 spiro atoms. The van der Waals surface area contributed by atoms with E-state index < -0.39 is 5.60 Å². The maximum atomic E-state index is 12.8. The molecule has 4 rings (SSSR count). The molecule has 3 aromatic rings. The summed E-state index contributed by atoms with van der Waals surface area (Å²) in [5.74, 6) is 0.612. The molecule has 168 valence electrons. The molecule has 0 saturated heterocycles. The number of nitrogens with zero attached hydrogens (tertiary/aromatic N) is 4. The number of carbonyl (C=O) groups is 1. The molecule has 0 aliphatic carbocycles. The first kappa shape index (κ1) is 22.6. The van der Waals surface area contributed by atoms with Crippen molar-refractivity contribution in [3.05, 3.63) is 51.6 Å². The smallest absolute Gasteiger partial charge is 0.255 e. The number of thiazole rings is 2. The second-order valence-electron chi connectivity index (χ2n) is 8.60. The van der Waals surface area contributed by atoms with Gasteiger partial charge in [0.05, 0.1) is 32.4 Å². The molecule has 4 heterocycles. The first-order chi connectivity index (χ1) is 15.2. The molecule has 0 atom stereocenters. The second kappa shape index (κ2) is 9.09. The minimum Gasteiger partial charge on any atom is -0.390 e. The van der Waals surface area contributed by atoms with Crippen molar-refractivity contribution < 1.29 is 9.90 Å². The van der Waals surface area contributed by atoms with Crippen LogP contribution in [0.15, 0.2) is 35.4 Å².